The molecule has 2 aromatic rings. The molecule has 1 aliphatic carbocycles. The van der Waals surface area contributed by atoms with Crippen LogP contribution in [0.5, 0.6) is 0 Å². The summed E-state index contributed by atoms with van der Waals surface area (Å²) in [5, 5.41) is 4.54. The summed E-state index contributed by atoms with van der Waals surface area (Å²) in [4.78, 5) is 6.78. The van der Waals surface area contributed by atoms with E-state index in [-0.39, 0.29) is 0 Å². The Bertz CT molecular complexity index is 613. The van der Waals surface area contributed by atoms with E-state index >= 15 is 0 Å². The summed E-state index contributed by atoms with van der Waals surface area (Å²) in [6.07, 6.45) is 8.68. The number of rotatable bonds is 2. The lowest BCUT2D eigenvalue weighted by Crippen LogP contribution is -2.57. The second-order valence-electron chi connectivity index (χ2n) is 5.64. The third-order valence-electron chi connectivity index (χ3n) is 4.48. The molecular formula is C15H19N3O. The summed E-state index contributed by atoms with van der Waals surface area (Å²) < 4.78 is 6.15. The van der Waals surface area contributed by atoms with E-state index in [1.807, 2.05) is 19.4 Å². The number of nitrogens with zero attached hydrogens (tertiary/aromatic N) is 2. The van der Waals surface area contributed by atoms with Crippen molar-refractivity contribution in [2.45, 2.75) is 31.7 Å². The predicted molar refractivity (Wildman–Crippen MR) is 75.7 cm³/mol. The highest BCUT2D eigenvalue weighted by atomic mass is 16.3. The van der Waals surface area contributed by atoms with E-state index in [0.29, 0.717) is 6.04 Å². The molecule has 0 spiro atoms. The summed E-state index contributed by atoms with van der Waals surface area (Å²) in [7, 11) is 2.02. The van der Waals surface area contributed by atoms with Crippen molar-refractivity contribution in [1.29, 1.82) is 0 Å². The molecule has 1 fully saturated rings. The Labute approximate surface area is 112 Å². The van der Waals surface area contributed by atoms with Crippen LogP contribution in [0.3, 0.4) is 0 Å². The number of aryl methyl sites for hydroxylation is 2. The summed E-state index contributed by atoms with van der Waals surface area (Å²) in [5.41, 5.74) is 3.62. The van der Waals surface area contributed by atoms with E-state index in [2.05, 4.69) is 15.2 Å². The second-order valence-corrected chi connectivity index (χ2v) is 5.64. The lowest BCUT2D eigenvalue weighted by atomic mass is 9.96. The van der Waals surface area contributed by atoms with Crippen molar-refractivity contribution in [1.82, 2.24) is 10.3 Å². The largest absolute Gasteiger partial charge is 0.458 e. The molecule has 0 unspecified atom stereocenters. The van der Waals surface area contributed by atoms with Gasteiger partial charge in [0.15, 0.2) is 5.58 Å². The van der Waals surface area contributed by atoms with Crippen LogP contribution in [0.1, 0.15) is 24.2 Å². The van der Waals surface area contributed by atoms with Gasteiger partial charge >= 0.3 is 0 Å². The van der Waals surface area contributed by atoms with E-state index in [0.717, 1.165) is 31.5 Å². The number of anilines is 1. The van der Waals surface area contributed by atoms with Gasteiger partial charge in [-0.1, -0.05) is 0 Å². The highest BCUT2D eigenvalue weighted by Crippen LogP contribution is 2.37. The van der Waals surface area contributed by atoms with Crippen molar-refractivity contribution >= 4 is 16.7 Å². The number of hydrogen-bond donors (Lipinski definition) is 1. The van der Waals surface area contributed by atoms with Crippen LogP contribution in [0.25, 0.3) is 11.0 Å². The highest BCUT2D eigenvalue weighted by Gasteiger charge is 2.29. The number of aromatic nitrogens is 1. The zero-order chi connectivity index (χ0) is 12.8. The van der Waals surface area contributed by atoms with Gasteiger partial charge < -0.3 is 14.6 Å². The molecule has 1 saturated heterocycles. The number of furan rings is 1. The van der Waals surface area contributed by atoms with Crippen molar-refractivity contribution in [3.63, 3.8) is 0 Å². The van der Waals surface area contributed by atoms with Gasteiger partial charge in [-0.2, -0.15) is 0 Å². The van der Waals surface area contributed by atoms with E-state index in [1.165, 1.54) is 35.2 Å². The minimum atomic E-state index is 0.597. The highest BCUT2D eigenvalue weighted by molar-refractivity contribution is 5.92. The van der Waals surface area contributed by atoms with E-state index in [4.69, 9.17) is 4.42 Å². The molecule has 19 heavy (non-hydrogen) atoms. The third kappa shape index (κ3) is 1.66. The Balaban J connectivity index is 1.77. The molecule has 0 bridgehead atoms. The van der Waals surface area contributed by atoms with Crippen molar-refractivity contribution in [3.8, 4) is 0 Å². The number of likely N-dealkylation sites (N-methyl/N-ethyl adjacent to an activating group) is 1. The smallest absolute Gasteiger partial charge is 0.160 e. The van der Waals surface area contributed by atoms with Crippen LogP contribution in [0.15, 0.2) is 16.8 Å². The molecule has 1 aliphatic heterocycles. The zero-order valence-corrected chi connectivity index (χ0v) is 11.3. The molecule has 2 aromatic heterocycles. The van der Waals surface area contributed by atoms with Gasteiger partial charge in [-0.3, -0.25) is 4.98 Å². The Kier molecular flexibility index (Phi) is 2.52. The lowest BCUT2D eigenvalue weighted by Gasteiger charge is -2.40. The van der Waals surface area contributed by atoms with Crippen LogP contribution in [0.2, 0.25) is 0 Å². The number of hydrogen-bond acceptors (Lipinski definition) is 4. The maximum atomic E-state index is 6.15. The Morgan fingerprint density at radius 1 is 1.26 bits per heavy atom. The molecule has 100 valence electrons. The molecule has 0 saturated carbocycles. The van der Waals surface area contributed by atoms with Crippen molar-refractivity contribution < 1.29 is 4.42 Å². The van der Waals surface area contributed by atoms with Gasteiger partial charge in [0, 0.05) is 42.7 Å². The van der Waals surface area contributed by atoms with Gasteiger partial charge in [-0.05, 0) is 26.3 Å². The van der Waals surface area contributed by atoms with Gasteiger partial charge in [0.25, 0.3) is 0 Å². The monoisotopic (exact) mass is 257 g/mol. The van der Waals surface area contributed by atoms with Crippen LogP contribution < -0.4 is 10.2 Å². The first kappa shape index (κ1) is 11.3. The van der Waals surface area contributed by atoms with Gasteiger partial charge in [0.05, 0.1) is 11.9 Å². The third-order valence-corrected chi connectivity index (χ3v) is 4.48. The topological polar surface area (TPSA) is 41.3 Å². The zero-order valence-electron chi connectivity index (χ0n) is 11.3. The molecule has 0 atom stereocenters. The molecule has 4 nitrogen and oxygen atoms in total. The van der Waals surface area contributed by atoms with Gasteiger partial charge in [0.1, 0.15) is 5.76 Å². The second kappa shape index (κ2) is 4.23. The number of fused-ring (bicyclic) bond motifs is 3. The fourth-order valence-corrected chi connectivity index (χ4v) is 3.24. The minimum Gasteiger partial charge on any atom is -0.458 e. The predicted octanol–water partition coefficient (Wildman–Crippen LogP) is 2.11. The van der Waals surface area contributed by atoms with E-state index in [1.54, 1.807) is 0 Å². The van der Waals surface area contributed by atoms with Crippen LogP contribution in [0.4, 0.5) is 5.69 Å². The fraction of sp³-hybridized carbons (Fsp3) is 0.533. The molecule has 0 aromatic carbocycles. The molecule has 1 N–H and O–H groups in total. The molecular weight excluding hydrogens is 238 g/mol. The fourth-order valence-electron chi connectivity index (χ4n) is 3.24. The summed E-state index contributed by atoms with van der Waals surface area (Å²) in [6, 6.07) is 0.597. The SMILES string of the molecule is CNC1CN(c2cncc3c4c(oc23)CCCC4)C1. The Morgan fingerprint density at radius 3 is 2.95 bits per heavy atom. The summed E-state index contributed by atoms with van der Waals surface area (Å²) in [5.74, 6) is 1.20. The Morgan fingerprint density at radius 2 is 2.11 bits per heavy atom. The van der Waals surface area contributed by atoms with Crippen molar-refractivity contribution in [2.75, 3.05) is 25.0 Å². The van der Waals surface area contributed by atoms with Crippen LogP contribution >= 0.6 is 0 Å². The van der Waals surface area contributed by atoms with Crippen LogP contribution in [-0.2, 0) is 12.8 Å². The molecule has 0 radical (unpaired) electrons. The first-order valence-corrected chi connectivity index (χ1v) is 7.17. The van der Waals surface area contributed by atoms with Crippen molar-refractivity contribution in [2.24, 2.45) is 0 Å². The van der Waals surface area contributed by atoms with Gasteiger partial charge in [-0.25, -0.2) is 0 Å². The summed E-state index contributed by atoms with van der Waals surface area (Å²) >= 11 is 0. The molecule has 0 amide bonds. The maximum absolute atomic E-state index is 6.15. The first-order valence-electron chi connectivity index (χ1n) is 7.17. The average molecular weight is 257 g/mol. The Hall–Kier alpha value is -1.55. The molecule has 2 aliphatic rings. The van der Waals surface area contributed by atoms with E-state index < -0.39 is 0 Å². The van der Waals surface area contributed by atoms with Crippen LogP contribution in [0, 0.1) is 0 Å². The molecule has 4 heteroatoms. The van der Waals surface area contributed by atoms with Gasteiger partial charge in [0.2, 0.25) is 0 Å². The average Bonchev–Trinajstić information content (AvgIpc) is 2.77. The van der Waals surface area contributed by atoms with E-state index in [9.17, 15) is 0 Å². The maximum Gasteiger partial charge on any atom is 0.160 e. The van der Waals surface area contributed by atoms with Gasteiger partial charge in [-0.15, -0.1) is 0 Å². The minimum absolute atomic E-state index is 0.597. The molecule has 4 rings (SSSR count). The standard InChI is InChI=1S/C15H19N3O/c1-16-10-8-18(9-10)13-7-17-6-12-11-4-2-3-5-14(11)19-15(12)13/h6-7,10,16H,2-5,8-9H2,1H3. The number of pyridine rings is 1. The van der Waals surface area contributed by atoms with Crippen molar-refractivity contribution in [3.05, 3.63) is 23.7 Å². The summed E-state index contributed by atoms with van der Waals surface area (Å²) in [6.45, 7) is 2.09. The number of nitrogens with one attached hydrogen (secondary N) is 1. The first-order chi connectivity index (χ1) is 9.36. The lowest BCUT2D eigenvalue weighted by molar-refractivity contribution is 0.447. The normalized spacial score (nSPS) is 19.5. The van der Waals surface area contributed by atoms with Crippen LogP contribution in [-0.4, -0.2) is 31.2 Å². The molecule has 3 heterocycles. The quantitative estimate of drug-likeness (QED) is 0.894.